The van der Waals surface area contributed by atoms with Gasteiger partial charge in [-0.15, -0.1) is 0 Å². The summed E-state index contributed by atoms with van der Waals surface area (Å²) in [5.74, 6) is -4.51. The fourth-order valence-corrected chi connectivity index (χ4v) is 4.37. The Morgan fingerprint density at radius 3 is 1.68 bits per heavy atom. The number of hydrogen-bond donors (Lipinski definition) is 2. The van der Waals surface area contributed by atoms with E-state index in [1.807, 2.05) is 0 Å². The smallest absolute Gasteiger partial charge is 0.303 e. The first-order valence-corrected chi connectivity index (χ1v) is 12.3. The first kappa shape index (κ1) is 32.9. The van der Waals surface area contributed by atoms with Gasteiger partial charge >= 0.3 is 29.8 Å². The summed E-state index contributed by atoms with van der Waals surface area (Å²) in [6.45, 7) is 7.63. The number of aliphatic hydroxyl groups is 1. The van der Waals surface area contributed by atoms with Crippen molar-refractivity contribution in [3.05, 3.63) is 0 Å². The van der Waals surface area contributed by atoms with E-state index >= 15 is 0 Å². The monoisotopic (exact) mass is 577 g/mol. The number of hydrogen-bond acceptors (Lipinski definition) is 15. The minimum atomic E-state index is -1.76. The van der Waals surface area contributed by atoms with Crippen LogP contribution in [0.1, 0.15) is 48.5 Å². The molecule has 16 heteroatoms. The van der Waals surface area contributed by atoms with Crippen LogP contribution in [0.5, 0.6) is 0 Å². The summed E-state index contributed by atoms with van der Waals surface area (Å²) < 4.78 is 43.9. The largest absolute Gasteiger partial charge is 0.463 e. The summed E-state index contributed by atoms with van der Waals surface area (Å²) in [4.78, 5) is 71.2. The molecule has 0 aliphatic carbocycles. The van der Waals surface area contributed by atoms with Gasteiger partial charge in [-0.25, -0.2) is 0 Å². The number of aliphatic hydroxyl groups excluding tert-OH is 1. The van der Waals surface area contributed by atoms with E-state index in [1.54, 1.807) is 0 Å². The fraction of sp³-hybridized carbons (Fsp3) is 0.750. The minimum absolute atomic E-state index is 0.475. The molecule has 2 aliphatic heterocycles. The Kier molecular flexibility index (Phi) is 11.8. The molecule has 2 N–H and O–H groups in total. The molecule has 16 nitrogen and oxygen atoms in total. The molecule has 0 bridgehead atoms. The first-order valence-electron chi connectivity index (χ1n) is 12.3. The van der Waals surface area contributed by atoms with Crippen LogP contribution in [0.3, 0.4) is 0 Å². The van der Waals surface area contributed by atoms with Crippen molar-refractivity contribution in [2.45, 2.75) is 110 Å². The summed E-state index contributed by atoms with van der Waals surface area (Å²) in [5.41, 5.74) is 0. The molecule has 0 aromatic heterocycles. The maximum atomic E-state index is 12.0. The third-order valence-electron chi connectivity index (χ3n) is 5.71. The molecule has 0 aromatic carbocycles. The average Bonchev–Trinajstić information content (AvgIpc) is 2.80. The summed E-state index contributed by atoms with van der Waals surface area (Å²) in [7, 11) is 0. The molecule has 2 rings (SSSR count). The highest BCUT2D eigenvalue weighted by molar-refractivity contribution is 5.73. The second-order valence-electron chi connectivity index (χ2n) is 9.20. The van der Waals surface area contributed by atoms with Crippen LogP contribution in [0, 0.1) is 0 Å². The van der Waals surface area contributed by atoms with Crippen LogP contribution >= 0.6 is 0 Å². The Hall–Kier alpha value is -3.34. The van der Waals surface area contributed by atoms with E-state index in [-0.39, 0.29) is 0 Å². The van der Waals surface area contributed by atoms with Crippen LogP contribution in [-0.2, 0) is 66.7 Å². The first-order chi connectivity index (χ1) is 18.6. The second kappa shape index (κ2) is 14.3. The normalized spacial score (nSPS) is 33.6. The van der Waals surface area contributed by atoms with E-state index in [2.05, 4.69) is 5.32 Å². The number of amides is 1. The van der Waals surface area contributed by atoms with Crippen LogP contribution in [0.15, 0.2) is 0 Å². The predicted molar refractivity (Wildman–Crippen MR) is 127 cm³/mol. The fourth-order valence-electron chi connectivity index (χ4n) is 4.37. The molecular formula is C24H35NO15. The van der Waals surface area contributed by atoms with Crippen molar-refractivity contribution in [1.82, 2.24) is 5.32 Å². The Labute approximate surface area is 229 Å². The SMILES string of the molecule is CC(=O)N[C@H]1[C@H](O[C@@H]2O[C@@H](C)[C@@H](OC(C)=O)[C@H](OC(C)=O)[C@@H]2OC(C)=O)[C@H](OC(C)=O)[C@H](COC(C)=O)O[C@H]1O. The van der Waals surface area contributed by atoms with Gasteiger partial charge in [-0.05, 0) is 6.92 Å². The third-order valence-corrected chi connectivity index (χ3v) is 5.71. The Bertz CT molecular complexity index is 970. The van der Waals surface area contributed by atoms with Crippen molar-refractivity contribution < 1.29 is 71.8 Å². The molecule has 2 fully saturated rings. The second-order valence-corrected chi connectivity index (χ2v) is 9.20. The standard InChI is InChI=1S/C24H35NO15/c1-9-18(35-12(4)28)21(37-14(6)30)22(38-15(7)31)24(34-9)40-20-17(25-10(2)26)23(32)39-16(8-33-11(3)27)19(20)36-13(5)29/h9,16-24,32H,8H2,1-7H3,(H,25,26)/t9-,16-,17-,18+,19+,20-,21-,22-,23+,24-/m0/s1. The molecular weight excluding hydrogens is 542 g/mol. The maximum absolute atomic E-state index is 12.0. The predicted octanol–water partition coefficient (Wildman–Crippen LogP) is -1.37. The van der Waals surface area contributed by atoms with Crippen molar-refractivity contribution in [3.8, 4) is 0 Å². The van der Waals surface area contributed by atoms with Gasteiger partial charge in [-0.2, -0.15) is 0 Å². The van der Waals surface area contributed by atoms with Crippen LogP contribution in [-0.4, -0.2) is 109 Å². The zero-order chi connectivity index (χ0) is 30.3. The third kappa shape index (κ3) is 9.11. The molecule has 0 saturated carbocycles. The molecule has 10 atom stereocenters. The molecule has 2 saturated heterocycles. The zero-order valence-corrected chi connectivity index (χ0v) is 23.1. The van der Waals surface area contributed by atoms with E-state index in [9.17, 15) is 33.9 Å². The van der Waals surface area contributed by atoms with Gasteiger partial charge in [-0.1, -0.05) is 0 Å². The number of rotatable bonds is 9. The molecule has 2 heterocycles. The quantitative estimate of drug-likeness (QED) is 0.239. The van der Waals surface area contributed by atoms with Crippen molar-refractivity contribution in [1.29, 1.82) is 0 Å². The molecule has 2 aliphatic rings. The van der Waals surface area contributed by atoms with E-state index in [0.29, 0.717) is 0 Å². The summed E-state index contributed by atoms with van der Waals surface area (Å²) in [6, 6.07) is -1.38. The van der Waals surface area contributed by atoms with E-state index in [1.165, 1.54) is 6.92 Å². The topological polar surface area (TPSA) is 209 Å². The average molecular weight is 578 g/mol. The molecule has 1 amide bonds. The van der Waals surface area contributed by atoms with Crippen molar-refractivity contribution in [2.75, 3.05) is 6.61 Å². The minimum Gasteiger partial charge on any atom is -0.463 e. The van der Waals surface area contributed by atoms with Crippen LogP contribution in [0.2, 0.25) is 0 Å². The lowest BCUT2D eigenvalue weighted by atomic mass is 9.95. The summed E-state index contributed by atoms with van der Waals surface area (Å²) >= 11 is 0. The van der Waals surface area contributed by atoms with Gasteiger partial charge in [0.05, 0.1) is 6.10 Å². The lowest BCUT2D eigenvalue weighted by Crippen LogP contribution is -2.68. The number of ether oxygens (including phenoxy) is 8. The Morgan fingerprint density at radius 1 is 0.675 bits per heavy atom. The molecule has 0 aromatic rings. The van der Waals surface area contributed by atoms with Gasteiger partial charge in [0.1, 0.15) is 24.9 Å². The lowest BCUT2D eigenvalue weighted by molar-refractivity contribution is -0.340. The van der Waals surface area contributed by atoms with Crippen molar-refractivity contribution >= 4 is 35.8 Å². The molecule has 40 heavy (non-hydrogen) atoms. The van der Waals surface area contributed by atoms with Gasteiger partial charge in [0.2, 0.25) is 5.91 Å². The highest BCUT2D eigenvalue weighted by atomic mass is 16.7. The van der Waals surface area contributed by atoms with E-state index in [4.69, 9.17) is 37.9 Å². The van der Waals surface area contributed by atoms with Gasteiger partial charge in [0, 0.05) is 41.5 Å². The highest BCUT2D eigenvalue weighted by Crippen LogP contribution is 2.33. The van der Waals surface area contributed by atoms with Gasteiger partial charge in [0.15, 0.2) is 37.0 Å². The van der Waals surface area contributed by atoms with Gasteiger partial charge in [0.25, 0.3) is 0 Å². The number of carbonyl (C=O) groups is 6. The molecule has 0 unspecified atom stereocenters. The summed E-state index contributed by atoms with van der Waals surface area (Å²) in [5, 5.41) is 13.2. The van der Waals surface area contributed by atoms with Gasteiger partial charge < -0.3 is 48.3 Å². The zero-order valence-electron chi connectivity index (χ0n) is 23.1. The number of nitrogens with one attached hydrogen (secondary N) is 1. The number of carbonyl (C=O) groups excluding carboxylic acids is 6. The molecule has 0 spiro atoms. The molecule has 0 radical (unpaired) electrons. The summed E-state index contributed by atoms with van der Waals surface area (Å²) in [6.07, 6.45) is -12.7. The lowest BCUT2D eigenvalue weighted by Gasteiger charge is -2.48. The number of esters is 5. The Morgan fingerprint density at radius 2 is 1.18 bits per heavy atom. The Balaban J connectivity index is 2.56. The van der Waals surface area contributed by atoms with E-state index in [0.717, 1.165) is 41.5 Å². The van der Waals surface area contributed by atoms with Crippen molar-refractivity contribution in [3.63, 3.8) is 0 Å². The van der Waals surface area contributed by atoms with Crippen LogP contribution in [0.25, 0.3) is 0 Å². The van der Waals surface area contributed by atoms with Crippen molar-refractivity contribution in [2.24, 2.45) is 0 Å². The van der Waals surface area contributed by atoms with E-state index < -0.39 is 104 Å². The van der Waals surface area contributed by atoms with Gasteiger partial charge in [-0.3, -0.25) is 28.8 Å². The highest BCUT2D eigenvalue weighted by Gasteiger charge is 2.55. The van der Waals surface area contributed by atoms with Crippen LogP contribution < -0.4 is 5.32 Å². The maximum Gasteiger partial charge on any atom is 0.303 e. The molecule has 226 valence electrons. The van der Waals surface area contributed by atoms with Crippen LogP contribution in [0.4, 0.5) is 0 Å².